The molecule has 4 heteroatoms. The van der Waals surface area contributed by atoms with Gasteiger partial charge in [-0.1, -0.05) is 18.2 Å². The van der Waals surface area contributed by atoms with Gasteiger partial charge in [-0.3, -0.25) is 0 Å². The summed E-state index contributed by atoms with van der Waals surface area (Å²) >= 11 is 0. The van der Waals surface area contributed by atoms with Crippen LogP contribution in [0.4, 0.5) is 5.69 Å². The molecule has 0 aliphatic carbocycles. The molecule has 0 atom stereocenters. The minimum atomic E-state index is -0.434. The van der Waals surface area contributed by atoms with E-state index in [4.69, 9.17) is 16.6 Å². The van der Waals surface area contributed by atoms with Gasteiger partial charge in [-0.2, -0.15) is 0 Å². The highest BCUT2D eigenvalue weighted by Crippen LogP contribution is 2.33. The molecule has 0 unspecified atom stereocenters. The Kier molecular flexibility index (Phi) is 5.14. The van der Waals surface area contributed by atoms with E-state index in [-0.39, 0.29) is 5.70 Å². The first kappa shape index (κ1) is 17.8. The van der Waals surface area contributed by atoms with Crippen LogP contribution >= 0.6 is 0 Å². The van der Waals surface area contributed by atoms with Gasteiger partial charge in [0.1, 0.15) is 11.4 Å². The summed E-state index contributed by atoms with van der Waals surface area (Å²) in [7, 11) is 0. The van der Waals surface area contributed by atoms with Gasteiger partial charge in [0.05, 0.1) is 12.6 Å². The SMILES string of the molecule is [C-]#[N+]C(C#N)=C1C=C(C=Cc2ccc(N3CCCC3)cc2)OC(C)(C)C1. The third kappa shape index (κ3) is 4.16. The van der Waals surface area contributed by atoms with Gasteiger partial charge in [0.25, 0.3) is 5.70 Å². The molecule has 132 valence electrons. The Morgan fingerprint density at radius 2 is 1.92 bits per heavy atom. The fourth-order valence-corrected chi connectivity index (χ4v) is 3.42. The van der Waals surface area contributed by atoms with E-state index in [2.05, 4.69) is 34.0 Å². The highest BCUT2D eigenvalue weighted by molar-refractivity contribution is 5.58. The Bertz CT molecular complexity index is 823. The molecule has 1 fully saturated rings. The summed E-state index contributed by atoms with van der Waals surface area (Å²) in [5, 5.41) is 9.14. The minimum absolute atomic E-state index is 0.141. The Morgan fingerprint density at radius 3 is 2.54 bits per heavy atom. The molecule has 26 heavy (non-hydrogen) atoms. The fraction of sp³-hybridized carbons (Fsp3) is 0.364. The van der Waals surface area contributed by atoms with E-state index >= 15 is 0 Å². The summed E-state index contributed by atoms with van der Waals surface area (Å²) in [4.78, 5) is 5.75. The van der Waals surface area contributed by atoms with E-state index < -0.39 is 5.60 Å². The van der Waals surface area contributed by atoms with Crippen molar-refractivity contribution < 1.29 is 4.74 Å². The van der Waals surface area contributed by atoms with Crippen molar-refractivity contribution >= 4 is 11.8 Å². The van der Waals surface area contributed by atoms with Gasteiger partial charge in [-0.25, -0.2) is 10.1 Å². The highest BCUT2D eigenvalue weighted by atomic mass is 16.5. The maximum Gasteiger partial charge on any atom is 0.265 e. The second kappa shape index (κ2) is 7.50. The summed E-state index contributed by atoms with van der Waals surface area (Å²) in [6.45, 7) is 13.4. The number of nitrogens with zero attached hydrogens (tertiary/aromatic N) is 3. The van der Waals surface area contributed by atoms with E-state index in [9.17, 15) is 0 Å². The lowest BCUT2D eigenvalue weighted by Crippen LogP contribution is -2.27. The zero-order valence-electron chi connectivity index (χ0n) is 15.3. The Balaban J connectivity index is 1.79. The predicted octanol–water partition coefficient (Wildman–Crippen LogP) is 5.08. The molecule has 2 aliphatic heterocycles. The van der Waals surface area contributed by atoms with Gasteiger partial charge < -0.3 is 9.64 Å². The van der Waals surface area contributed by atoms with Crippen molar-refractivity contribution in [2.75, 3.05) is 18.0 Å². The number of benzene rings is 1. The second-order valence-electron chi connectivity index (χ2n) is 7.30. The number of rotatable bonds is 3. The van der Waals surface area contributed by atoms with Crippen LogP contribution in [0.25, 0.3) is 10.9 Å². The number of ether oxygens (including phenoxy) is 1. The Morgan fingerprint density at radius 1 is 1.23 bits per heavy atom. The highest BCUT2D eigenvalue weighted by Gasteiger charge is 2.27. The van der Waals surface area contributed by atoms with Crippen LogP contribution < -0.4 is 4.90 Å². The van der Waals surface area contributed by atoms with Crippen LogP contribution in [0.3, 0.4) is 0 Å². The van der Waals surface area contributed by atoms with E-state index in [1.807, 2.05) is 32.1 Å². The lowest BCUT2D eigenvalue weighted by atomic mass is 9.93. The van der Waals surface area contributed by atoms with Crippen molar-refractivity contribution in [2.45, 2.75) is 38.7 Å². The molecule has 1 aromatic carbocycles. The van der Waals surface area contributed by atoms with Crippen LogP contribution in [-0.4, -0.2) is 18.7 Å². The van der Waals surface area contributed by atoms with Crippen molar-refractivity contribution in [3.63, 3.8) is 0 Å². The van der Waals surface area contributed by atoms with Crippen LogP contribution in [0.15, 0.2) is 53.4 Å². The van der Waals surface area contributed by atoms with Crippen LogP contribution in [0.2, 0.25) is 0 Å². The first-order valence-electron chi connectivity index (χ1n) is 8.95. The first-order valence-corrected chi connectivity index (χ1v) is 8.95. The molecule has 4 nitrogen and oxygen atoms in total. The van der Waals surface area contributed by atoms with Crippen molar-refractivity contribution in [3.8, 4) is 6.07 Å². The minimum Gasteiger partial charge on any atom is -0.488 e. The summed E-state index contributed by atoms with van der Waals surface area (Å²) in [6, 6.07) is 10.5. The number of nitriles is 1. The average molecular weight is 345 g/mol. The van der Waals surface area contributed by atoms with E-state index in [0.29, 0.717) is 12.2 Å². The predicted molar refractivity (Wildman–Crippen MR) is 104 cm³/mol. The Labute approximate surface area is 155 Å². The summed E-state index contributed by atoms with van der Waals surface area (Å²) < 4.78 is 5.99. The molecule has 0 bridgehead atoms. The van der Waals surface area contributed by atoms with Crippen molar-refractivity contribution in [3.05, 3.63) is 70.4 Å². The van der Waals surface area contributed by atoms with E-state index in [0.717, 1.165) is 24.2 Å². The smallest absolute Gasteiger partial charge is 0.265 e. The van der Waals surface area contributed by atoms with Crippen LogP contribution in [0.1, 0.15) is 38.7 Å². The number of anilines is 1. The Hall–Kier alpha value is -2.98. The average Bonchev–Trinajstić information content (AvgIpc) is 3.15. The molecular formula is C22H23N3O. The van der Waals surface area contributed by atoms with Crippen molar-refractivity contribution in [1.82, 2.24) is 0 Å². The maximum atomic E-state index is 9.14. The molecule has 2 aliphatic rings. The third-order valence-electron chi connectivity index (χ3n) is 4.65. The summed E-state index contributed by atoms with van der Waals surface area (Å²) in [5.74, 6) is 0.677. The van der Waals surface area contributed by atoms with Crippen molar-refractivity contribution in [2.24, 2.45) is 0 Å². The van der Waals surface area contributed by atoms with Gasteiger partial charge in [0, 0.05) is 25.2 Å². The molecule has 1 aromatic rings. The van der Waals surface area contributed by atoms with Gasteiger partial charge in [-0.05, 0) is 62.1 Å². The molecular weight excluding hydrogens is 322 g/mol. The topological polar surface area (TPSA) is 40.6 Å². The zero-order valence-corrected chi connectivity index (χ0v) is 15.3. The van der Waals surface area contributed by atoms with Crippen LogP contribution in [0, 0.1) is 17.9 Å². The van der Waals surface area contributed by atoms with E-state index in [1.54, 1.807) is 6.08 Å². The molecule has 1 saturated heterocycles. The number of hydrogen-bond donors (Lipinski definition) is 0. The lowest BCUT2D eigenvalue weighted by molar-refractivity contribution is 0.0356. The second-order valence-corrected chi connectivity index (χ2v) is 7.30. The summed E-state index contributed by atoms with van der Waals surface area (Å²) in [5.41, 5.74) is 2.81. The molecule has 2 heterocycles. The molecule has 0 N–H and O–H groups in total. The zero-order chi connectivity index (χ0) is 18.6. The largest absolute Gasteiger partial charge is 0.488 e. The maximum absolute atomic E-state index is 9.14. The molecule has 0 amide bonds. The van der Waals surface area contributed by atoms with E-state index in [1.165, 1.54) is 18.5 Å². The third-order valence-corrected chi connectivity index (χ3v) is 4.65. The molecule has 3 rings (SSSR count). The standard InChI is InChI=1S/C22H23N3O/c1-22(2)15-18(21(16-23)24-3)14-20(26-22)11-8-17-6-9-19(10-7-17)25-12-4-5-13-25/h6-11,14H,4-5,12-13,15H2,1-2H3. The van der Waals surface area contributed by atoms with Gasteiger partial charge >= 0.3 is 0 Å². The van der Waals surface area contributed by atoms with Crippen molar-refractivity contribution in [1.29, 1.82) is 5.26 Å². The fourth-order valence-electron chi connectivity index (χ4n) is 3.42. The first-order chi connectivity index (χ1) is 12.5. The molecule has 0 saturated carbocycles. The monoisotopic (exact) mass is 345 g/mol. The number of hydrogen-bond acceptors (Lipinski definition) is 3. The van der Waals surface area contributed by atoms with Gasteiger partial charge in [0.2, 0.25) is 0 Å². The van der Waals surface area contributed by atoms with Gasteiger partial charge in [0.15, 0.2) is 0 Å². The quantitative estimate of drug-likeness (QED) is 0.566. The normalized spacial score (nSPS) is 20.9. The van der Waals surface area contributed by atoms with Crippen LogP contribution in [-0.2, 0) is 4.74 Å². The summed E-state index contributed by atoms with van der Waals surface area (Å²) in [6.07, 6.45) is 8.81. The molecule has 0 spiro atoms. The lowest BCUT2D eigenvalue weighted by Gasteiger charge is -2.32. The number of allylic oxidation sites excluding steroid dienone is 3. The van der Waals surface area contributed by atoms with Crippen LogP contribution in [0.5, 0.6) is 0 Å². The molecule has 0 radical (unpaired) electrons. The van der Waals surface area contributed by atoms with Gasteiger partial charge in [-0.15, -0.1) is 0 Å². The molecule has 0 aromatic heterocycles.